The zero-order valence-corrected chi connectivity index (χ0v) is 10.6. The van der Waals surface area contributed by atoms with E-state index in [-0.39, 0.29) is 11.1 Å². The molecule has 0 amide bonds. The highest BCUT2D eigenvalue weighted by Gasteiger charge is 2.12. The van der Waals surface area contributed by atoms with Crippen LogP contribution in [0.5, 0.6) is 0 Å². The van der Waals surface area contributed by atoms with Crippen molar-refractivity contribution in [2.45, 2.75) is 11.8 Å². The Balaban J connectivity index is 2.59. The number of benzene rings is 1. The fourth-order valence-corrected chi connectivity index (χ4v) is 3.03. The summed E-state index contributed by atoms with van der Waals surface area (Å²) < 4.78 is 22.0. The molecule has 0 saturated carbocycles. The largest absolute Gasteiger partial charge is 0.229 e. The van der Waals surface area contributed by atoms with Gasteiger partial charge in [0.25, 0.3) is 0 Å². The molecule has 1 aromatic rings. The van der Waals surface area contributed by atoms with Crippen LogP contribution in [-0.4, -0.2) is 25.8 Å². The molecule has 0 aliphatic heterocycles. The maximum absolute atomic E-state index is 11.0. The Morgan fingerprint density at radius 3 is 2.27 bits per heavy atom. The van der Waals surface area contributed by atoms with Crippen LogP contribution in [-0.2, 0) is 16.3 Å². The predicted octanol–water partition coefficient (Wildman–Crippen LogP) is 2.53. The predicted molar refractivity (Wildman–Crippen MR) is 64.5 cm³/mol. The smallest absolute Gasteiger partial charge is 0.148 e. The van der Waals surface area contributed by atoms with Gasteiger partial charge in [-0.2, -0.15) is 0 Å². The number of rotatable bonds is 4. The van der Waals surface area contributed by atoms with Crippen LogP contribution in [0.2, 0.25) is 5.02 Å². The summed E-state index contributed by atoms with van der Waals surface area (Å²) in [6.07, 6.45) is 1.72. The number of sulfone groups is 1. The van der Waals surface area contributed by atoms with Gasteiger partial charge in [-0.3, -0.25) is 0 Å². The van der Waals surface area contributed by atoms with Gasteiger partial charge in [0.1, 0.15) is 9.84 Å². The van der Waals surface area contributed by atoms with E-state index in [1.807, 2.05) is 12.1 Å². The summed E-state index contributed by atoms with van der Waals surface area (Å²) in [6.45, 7) is 0. The highest BCUT2D eigenvalue weighted by molar-refractivity contribution is 7.90. The molecular weight excluding hydrogens is 255 g/mol. The van der Waals surface area contributed by atoms with E-state index < -0.39 is 9.84 Å². The van der Waals surface area contributed by atoms with Gasteiger partial charge in [0, 0.05) is 11.3 Å². The summed E-state index contributed by atoms with van der Waals surface area (Å²) in [5.41, 5.74) is 0.989. The second-order valence-corrected chi connectivity index (χ2v) is 6.76. The molecule has 0 fully saturated rings. The van der Waals surface area contributed by atoms with Crippen molar-refractivity contribution in [3.05, 3.63) is 34.9 Å². The summed E-state index contributed by atoms with van der Waals surface area (Å²) in [6, 6.07) is 7.22. The van der Waals surface area contributed by atoms with E-state index in [0.717, 1.165) is 5.56 Å². The fraction of sp³-hybridized carbons (Fsp3) is 0.400. The van der Waals surface area contributed by atoms with Crippen LogP contribution >= 0.6 is 23.2 Å². The van der Waals surface area contributed by atoms with Crippen LogP contribution in [0.1, 0.15) is 5.56 Å². The van der Waals surface area contributed by atoms with Crippen molar-refractivity contribution in [3.8, 4) is 0 Å². The SMILES string of the molecule is CS(=O)(=O)CC(Cl)Cc1ccc(Cl)cc1. The third-order valence-electron chi connectivity index (χ3n) is 1.85. The molecule has 1 aromatic carbocycles. The first-order chi connectivity index (χ1) is 6.87. The van der Waals surface area contributed by atoms with Crippen LogP contribution in [0, 0.1) is 0 Å². The third-order valence-corrected chi connectivity index (χ3v) is 3.61. The minimum atomic E-state index is -3.01. The van der Waals surface area contributed by atoms with Crippen LogP contribution in [0.25, 0.3) is 0 Å². The zero-order valence-electron chi connectivity index (χ0n) is 8.28. The van der Waals surface area contributed by atoms with E-state index in [1.54, 1.807) is 12.1 Å². The molecular formula is C10H12Cl2O2S. The number of hydrogen-bond acceptors (Lipinski definition) is 2. The highest BCUT2D eigenvalue weighted by Crippen LogP contribution is 2.14. The Hall–Kier alpha value is -0.250. The quantitative estimate of drug-likeness (QED) is 0.785. The molecule has 0 aliphatic rings. The van der Waals surface area contributed by atoms with E-state index in [2.05, 4.69) is 0 Å². The summed E-state index contributed by atoms with van der Waals surface area (Å²) in [5, 5.41) is 0.272. The Kier molecular flexibility index (Phi) is 4.44. The van der Waals surface area contributed by atoms with Crippen molar-refractivity contribution in [2.24, 2.45) is 0 Å². The molecule has 0 saturated heterocycles. The lowest BCUT2D eigenvalue weighted by Gasteiger charge is -2.07. The fourth-order valence-electron chi connectivity index (χ4n) is 1.26. The topological polar surface area (TPSA) is 34.1 Å². The lowest BCUT2D eigenvalue weighted by molar-refractivity contribution is 0.599. The van der Waals surface area contributed by atoms with Crippen LogP contribution in [0.3, 0.4) is 0 Å². The Bertz CT molecular complexity index is 412. The molecule has 2 nitrogen and oxygen atoms in total. The Labute approximate surface area is 100 Å². The van der Waals surface area contributed by atoms with Gasteiger partial charge < -0.3 is 0 Å². The van der Waals surface area contributed by atoms with Crippen molar-refractivity contribution in [1.82, 2.24) is 0 Å². The molecule has 1 atom stereocenters. The second-order valence-electron chi connectivity index (χ2n) is 3.52. The average molecular weight is 267 g/mol. The number of hydrogen-bond donors (Lipinski definition) is 0. The number of halogens is 2. The minimum absolute atomic E-state index is 0.00280. The first-order valence-corrected chi connectivity index (χ1v) is 7.30. The standard InChI is InChI=1S/C10H12Cl2O2S/c1-15(13,14)7-10(12)6-8-2-4-9(11)5-3-8/h2-5,10H,6-7H2,1H3. The monoisotopic (exact) mass is 266 g/mol. The van der Waals surface area contributed by atoms with E-state index in [1.165, 1.54) is 6.26 Å². The maximum atomic E-state index is 11.0. The average Bonchev–Trinajstić information content (AvgIpc) is 2.05. The van der Waals surface area contributed by atoms with E-state index >= 15 is 0 Å². The van der Waals surface area contributed by atoms with Crippen molar-refractivity contribution >= 4 is 33.0 Å². The highest BCUT2D eigenvalue weighted by atomic mass is 35.5. The molecule has 0 bridgehead atoms. The summed E-state index contributed by atoms with van der Waals surface area (Å²) in [5.74, 6) is -0.00280. The van der Waals surface area contributed by atoms with Gasteiger partial charge in [0.15, 0.2) is 0 Å². The van der Waals surface area contributed by atoms with Gasteiger partial charge in [-0.05, 0) is 24.1 Å². The summed E-state index contributed by atoms with van der Waals surface area (Å²) in [7, 11) is -3.01. The van der Waals surface area contributed by atoms with Gasteiger partial charge in [0.05, 0.1) is 11.1 Å². The molecule has 1 rings (SSSR count). The van der Waals surface area contributed by atoms with Crippen LogP contribution < -0.4 is 0 Å². The summed E-state index contributed by atoms with van der Waals surface area (Å²) >= 11 is 11.7. The van der Waals surface area contributed by atoms with Gasteiger partial charge in [-0.1, -0.05) is 23.7 Å². The van der Waals surface area contributed by atoms with Crippen LogP contribution in [0.4, 0.5) is 0 Å². The van der Waals surface area contributed by atoms with E-state index in [0.29, 0.717) is 11.4 Å². The third kappa shape index (κ3) is 5.40. The molecule has 1 unspecified atom stereocenters. The molecule has 0 spiro atoms. The first-order valence-electron chi connectivity index (χ1n) is 4.43. The molecule has 0 heterocycles. The molecule has 15 heavy (non-hydrogen) atoms. The second kappa shape index (κ2) is 5.19. The van der Waals surface area contributed by atoms with Gasteiger partial charge in [-0.25, -0.2) is 8.42 Å². The maximum Gasteiger partial charge on any atom is 0.148 e. The lowest BCUT2D eigenvalue weighted by Crippen LogP contribution is -2.17. The first kappa shape index (κ1) is 12.8. The van der Waals surface area contributed by atoms with Crippen molar-refractivity contribution < 1.29 is 8.42 Å². The van der Waals surface area contributed by atoms with Gasteiger partial charge >= 0.3 is 0 Å². The molecule has 0 aromatic heterocycles. The van der Waals surface area contributed by atoms with Crippen molar-refractivity contribution in [3.63, 3.8) is 0 Å². The summed E-state index contributed by atoms with van der Waals surface area (Å²) in [4.78, 5) is 0. The van der Waals surface area contributed by atoms with Crippen molar-refractivity contribution in [2.75, 3.05) is 12.0 Å². The molecule has 5 heteroatoms. The Morgan fingerprint density at radius 2 is 1.80 bits per heavy atom. The Morgan fingerprint density at radius 1 is 1.27 bits per heavy atom. The molecule has 0 radical (unpaired) electrons. The normalized spacial score (nSPS) is 13.8. The van der Waals surface area contributed by atoms with Crippen molar-refractivity contribution in [1.29, 1.82) is 0 Å². The minimum Gasteiger partial charge on any atom is -0.229 e. The zero-order chi connectivity index (χ0) is 11.5. The molecule has 84 valence electrons. The van der Waals surface area contributed by atoms with Gasteiger partial charge in [-0.15, -0.1) is 11.6 Å². The van der Waals surface area contributed by atoms with E-state index in [4.69, 9.17) is 23.2 Å². The molecule has 0 N–H and O–H groups in total. The lowest BCUT2D eigenvalue weighted by atomic mass is 10.1. The van der Waals surface area contributed by atoms with Gasteiger partial charge in [0.2, 0.25) is 0 Å². The van der Waals surface area contributed by atoms with Crippen LogP contribution in [0.15, 0.2) is 24.3 Å². The molecule has 0 aliphatic carbocycles. The van der Waals surface area contributed by atoms with E-state index in [9.17, 15) is 8.42 Å². The number of alkyl halides is 1.